The number of carbonyl (C=O) groups is 2. The van der Waals surface area contributed by atoms with Gasteiger partial charge in [0, 0.05) is 24.6 Å². The van der Waals surface area contributed by atoms with Crippen LogP contribution in [0.1, 0.15) is 19.8 Å². The van der Waals surface area contributed by atoms with Crippen LogP contribution in [0.2, 0.25) is 0 Å². The number of hydrogen-bond acceptors (Lipinski definition) is 3. The monoisotopic (exact) mass is 274 g/mol. The third kappa shape index (κ3) is 2.87. The minimum atomic E-state index is -0.904. The molecular weight excluding hydrogens is 256 g/mol. The number of allylic oxidation sites excluding steroid dienone is 2. The third-order valence-electron chi connectivity index (χ3n) is 3.62. The first-order chi connectivity index (χ1) is 9.65. The number of pyridine rings is 1. The van der Waals surface area contributed by atoms with Crippen LogP contribution >= 0.6 is 0 Å². The molecule has 5 nitrogen and oxygen atoms in total. The Labute approximate surface area is 117 Å². The minimum absolute atomic E-state index is 0.129. The van der Waals surface area contributed by atoms with E-state index in [1.165, 1.54) is 0 Å². The summed E-state index contributed by atoms with van der Waals surface area (Å²) in [5.41, 5.74) is 0.756. The maximum absolute atomic E-state index is 12.7. The van der Waals surface area contributed by atoms with Crippen molar-refractivity contribution in [2.45, 2.75) is 19.8 Å². The van der Waals surface area contributed by atoms with E-state index in [2.05, 4.69) is 4.98 Å². The number of aromatic nitrogens is 1. The lowest BCUT2D eigenvalue weighted by molar-refractivity contribution is -0.146. The Bertz CT molecular complexity index is 513. The molecule has 0 saturated carbocycles. The van der Waals surface area contributed by atoms with E-state index >= 15 is 0 Å². The molecule has 106 valence electrons. The zero-order chi connectivity index (χ0) is 14.5. The average molecular weight is 274 g/mol. The van der Waals surface area contributed by atoms with E-state index in [1.807, 2.05) is 19.1 Å². The van der Waals surface area contributed by atoms with Gasteiger partial charge in [-0.05, 0) is 31.9 Å². The van der Waals surface area contributed by atoms with E-state index < -0.39 is 17.8 Å². The van der Waals surface area contributed by atoms with Crippen LogP contribution in [0.5, 0.6) is 0 Å². The average Bonchev–Trinajstić information content (AvgIpc) is 2.49. The van der Waals surface area contributed by atoms with E-state index in [-0.39, 0.29) is 5.91 Å². The molecule has 1 heterocycles. The van der Waals surface area contributed by atoms with Gasteiger partial charge in [0.1, 0.15) is 0 Å². The Hall–Kier alpha value is -2.17. The molecular formula is C15H18N2O3. The van der Waals surface area contributed by atoms with Crippen LogP contribution in [0.4, 0.5) is 5.69 Å². The number of rotatable bonds is 4. The van der Waals surface area contributed by atoms with Gasteiger partial charge in [-0.1, -0.05) is 12.2 Å². The standard InChI is InChI=1S/C15H18N2O3/c1-2-17(11-7-9-16-10-8-11)14(18)12-5-3-4-6-13(12)15(19)20/h3-4,7-10,12-13H,2,5-6H2,1H3,(H,19,20)/t12-,13+/m1/s1. The Kier molecular flexibility index (Phi) is 4.50. The number of anilines is 1. The second-order valence-corrected chi connectivity index (χ2v) is 4.78. The lowest BCUT2D eigenvalue weighted by Gasteiger charge is -2.30. The first-order valence-corrected chi connectivity index (χ1v) is 6.74. The Morgan fingerprint density at radius 3 is 2.40 bits per heavy atom. The number of carboxylic acids is 1. The molecule has 0 unspecified atom stereocenters. The van der Waals surface area contributed by atoms with Crippen molar-refractivity contribution in [3.63, 3.8) is 0 Å². The maximum atomic E-state index is 12.7. The molecule has 0 radical (unpaired) electrons. The molecule has 1 aromatic rings. The summed E-state index contributed by atoms with van der Waals surface area (Å²) >= 11 is 0. The zero-order valence-corrected chi connectivity index (χ0v) is 11.4. The number of nitrogens with zero attached hydrogens (tertiary/aromatic N) is 2. The van der Waals surface area contributed by atoms with Crippen LogP contribution in [0, 0.1) is 11.8 Å². The minimum Gasteiger partial charge on any atom is -0.481 e. The highest BCUT2D eigenvalue weighted by molar-refractivity contribution is 5.97. The summed E-state index contributed by atoms with van der Waals surface area (Å²) in [4.78, 5) is 29.5. The van der Waals surface area contributed by atoms with Gasteiger partial charge in [0.05, 0.1) is 11.8 Å². The lowest BCUT2D eigenvalue weighted by Crippen LogP contribution is -2.42. The number of aliphatic carboxylic acids is 1. The van der Waals surface area contributed by atoms with Crippen LogP contribution < -0.4 is 4.90 Å². The number of amides is 1. The lowest BCUT2D eigenvalue weighted by atomic mass is 9.82. The molecule has 0 bridgehead atoms. The summed E-state index contributed by atoms with van der Waals surface area (Å²) in [6.07, 6.45) is 7.88. The molecule has 0 aliphatic heterocycles. The molecule has 2 atom stereocenters. The Morgan fingerprint density at radius 1 is 1.25 bits per heavy atom. The Balaban J connectivity index is 2.24. The highest BCUT2D eigenvalue weighted by Crippen LogP contribution is 2.29. The molecule has 1 aliphatic carbocycles. The van der Waals surface area contributed by atoms with Gasteiger partial charge in [0.2, 0.25) is 5.91 Å². The molecule has 1 N–H and O–H groups in total. The first-order valence-electron chi connectivity index (χ1n) is 6.74. The molecule has 0 saturated heterocycles. The largest absolute Gasteiger partial charge is 0.481 e. The smallest absolute Gasteiger partial charge is 0.307 e. The van der Waals surface area contributed by atoms with Crippen LogP contribution in [0.3, 0.4) is 0 Å². The number of hydrogen-bond donors (Lipinski definition) is 1. The SMILES string of the molecule is CCN(C(=O)[C@@H]1CC=CC[C@@H]1C(=O)O)c1ccncc1. The predicted octanol–water partition coefficient (Wildman–Crippen LogP) is 2.10. The molecule has 1 aromatic heterocycles. The van der Waals surface area contributed by atoms with Gasteiger partial charge < -0.3 is 10.0 Å². The summed E-state index contributed by atoms with van der Waals surface area (Å²) in [5, 5.41) is 9.27. The summed E-state index contributed by atoms with van der Waals surface area (Å²) in [7, 11) is 0. The van der Waals surface area contributed by atoms with Crippen molar-refractivity contribution in [1.29, 1.82) is 0 Å². The van der Waals surface area contributed by atoms with Crippen molar-refractivity contribution in [2.75, 3.05) is 11.4 Å². The second kappa shape index (κ2) is 6.32. The molecule has 2 rings (SSSR count). The van der Waals surface area contributed by atoms with E-state index in [4.69, 9.17) is 0 Å². The maximum Gasteiger partial charge on any atom is 0.307 e. The second-order valence-electron chi connectivity index (χ2n) is 4.78. The number of carbonyl (C=O) groups excluding carboxylic acids is 1. The van der Waals surface area contributed by atoms with Crippen molar-refractivity contribution in [3.8, 4) is 0 Å². The summed E-state index contributed by atoms with van der Waals surface area (Å²) < 4.78 is 0. The molecule has 20 heavy (non-hydrogen) atoms. The molecule has 5 heteroatoms. The van der Waals surface area contributed by atoms with Gasteiger partial charge in [-0.25, -0.2) is 0 Å². The molecule has 1 aliphatic rings. The fraction of sp³-hybridized carbons (Fsp3) is 0.400. The third-order valence-corrected chi connectivity index (χ3v) is 3.62. The quantitative estimate of drug-likeness (QED) is 0.854. The van der Waals surface area contributed by atoms with E-state index in [1.54, 1.807) is 29.4 Å². The van der Waals surface area contributed by atoms with Crippen molar-refractivity contribution in [3.05, 3.63) is 36.7 Å². The molecule has 0 fully saturated rings. The zero-order valence-electron chi connectivity index (χ0n) is 11.4. The van der Waals surface area contributed by atoms with Crippen LogP contribution in [0.25, 0.3) is 0 Å². The van der Waals surface area contributed by atoms with Gasteiger partial charge in [-0.2, -0.15) is 0 Å². The van der Waals surface area contributed by atoms with E-state index in [0.717, 1.165) is 5.69 Å². The molecule has 0 aromatic carbocycles. The molecule has 0 spiro atoms. The highest BCUT2D eigenvalue weighted by Gasteiger charge is 2.36. The normalized spacial score (nSPS) is 21.4. The van der Waals surface area contributed by atoms with Crippen LogP contribution in [-0.4, -0.2) is 28.5 Å². The van der Waals surface area contributed by atoms with Gasteiger partial charge in [0.15, 0.2) is 0 Å². The molecule has 1 amide bonds. The van der Waals surface area contributed by atoms with Gasteiger partial charge in [0.25, 0.3) is 0 Å². The predicted molar refractivity (Wildman–Crippen MR) is 75.3 cm³/mol. The van der Waals surface area contributed by atoms with Crippen molar-refractivity contribution < 1.29 is 14.7 Å². The van der Waals surface area contributed by atoms with E-state index in [0.29, 0.717) is 19.4 Å². The Morgan fingerprint density at radius 2 is 1.85 bits per heavy atom. The number of carboxylic acid groups (broad SMARTS) is 1. The van der Waals surface area contributed by atoms with E-state index in [9.17, 15) is 14.7 Å². The van der Waals surface area contributed by atoms with Gasteiger partial charge in [-0.15, -0.1) is 0 Å². The van der Waals surface area contributed by atoms with Crippen molar-refractivity contribution in [1.82, 2.24) is 4.98 Å². The highest BCUT2D eigenvalue weighted by atomic mass is 16.4. The fourth-order valence-electron chi connectivity index (χ4n) is 2.55. The summed E-state index contributed by atoms with van der Waals surface area (Å²) in [6, 6.07) is 3.52. The topological polar surface area (TPSA) is 70.5 Å². The van der Waals surface area contributed by atoms with Gasteiger partial charge in [-0.3, -0.25) is 14.6 Å². The van der Waals surface area contributed by atoms with Crippen LogP contribution in [-0.2, 0) is 9.59 Å². The van der Waals surface area contributed by atoms with Gasteiger partial charge >= 0.3 is 5.97 Å². The van der Waals surface area contributed by atoms with Crippen molar-refractivity contribution >= 4 is 17.6 Å². The summed E-state index contributed by atoms with van der Waals surface area (Å²) in [5.74, 6) is -2.16. The fourth-order valence-corrected chi connectivity index (χ4v) is 2.55. The van der Waals surface area contributed by atoms with Crippen molar-refractivity contribution in [2.24, 2.45) is 11.8 Å². The van der Waals surface area contributed by atoms with Crippen LogP contribution in [0.15, 0.2) is 36.7 Å². The first kappa shape index (κ1) is 14.2. The summed E-state index contributed by atoms with van der Waals surface area (Å²) in [6.45, 7) is 2.39.